The van der Waals surface area contributed by atoms with Gasteiger partial charge in [0, 0.05) is 18.2 Å². The summed E-state index contributed by atoms with van der Waals surface area (Å²) in [7, 11) is 0. The van der Waals surface area contributed by atoms with Crippen LogP contribution in [0.25, 0.3) is 0 Å². The van der Waals surface area contributed by atoms with Crippen LogP contribution in [0.2, 0.25) is 0 Å². The third-order valence-electron chi connectivity index (χ3n) is 2.51. The summed E-state index contributed by atoms with van der Waals surface area (Å²) in [5, 5.41) is 3.13. The van der Waals surface area contributed by atoms with E-state index in [4.69, 9.17) is 9.47 Å². The van der Waals surface area contributed by atoms with Crippen molar-refractivity contribution in [2.24, 2.45) is 0 Å². The van der Waals surface area contributed by atoms with Gasteiger partial charge in [0.2, 0.25) is 6.79 Å². The molecular formula is C12H15F2NO3. The Labute approximate surface area is 104 Å². The van der Waals surface area contributed by atoms with Crippen molar-refractivity contribution in [3.8, 4) is 17.2 Å². The average Bonchev–Trinajstić information content (AvgIpc) is 2.75. The van der Waals surface area contributed by atoms with Crippen molar-refractivity contribution in [1.82, 2.24) is 5.32 Å². The van der Waals surface area contributed by atoms with Gasteiger partial charge in [-0.05, 0) is 19.0 Å². The molecule has 1 aromatic carbocycles. The van der Waals surface area contributed by atoms with Crippen LogP contribution in [0.1, 0.15) is 18.9 Å². The van der Waals surface area contributed by atoms with Gasteiger partial charge in [-0.3, -0.25) is 0 Å². The van der Waals surface area contributed by atoms with Gasteiger partial charge in [-0.2, -0.15) is 8.78 Å². The lowest BCUT2D eigenvalue weighted by Gasteiger charge is -2.12. The van der Waals surface area contributed by atoms with Crippen LogP contribution in [-0.2, 0) is 6.54 Å². The molecule has 0 atom stereocenters. The summed E-state index contributed by atoms with van der Waals surface area (Å²) >= 11 is 0. The molecule has 100 valence electrons. The van der Waals surface area contributed by atoms with Gasteiger partial charge < -0.3 is 19.5 Å². The van der Waals surface area contributed by atoms with E-state index in [1.54, 1.807) is 6.07 Å². The highest BCUT2D eigenvalue weighted by Crippen LogP contribution is 2.38. The Morgan fingerprint density at radius 3 is 2.72 bits per heavy atom. The van der Waals surface area contributed by atoms with Crippen molar-refractivity contribution in [3.63, 3.8) is 0 Å². The Balaban J connectivity index is 2.18. The summed E-state index contributed by atoms with van der Waals surface area (Å²) in [6.07, 6.45) is 0.968. The maximum absolute atomic E-state index is 12.3. The van der Waals surface area contributed by atoms with Crippen molar-refractivity contribution in [3.05, 3.63) is 17.7 Å². The number of fused-ring (bicyclic) bond motifs is 1. The molecule has 0 amide bonds. The zero-order valence-corrected chi connectivity index (χ0v) is 10.0. The normalized spacial score (nSPS) is 13.1. The molecular weight excluding hydrogens is 244 g/mol. The molecule has 18 heavy (non-hydrogen) atoms. The van der Waals surface area contributed by atoms with E-state index in [1.165, 1.54) is 6.07 Å². The molecule has 0 spiro atoms. The van der Waals surface area contributed by atoms with Crippen LogP contribution in [0.15, 0.2) is 12.1 Å². The average molecular weight is 259 g/mol. The van der Waals surface area contributed by atoms with Crippen molar-refractivity contribution in [2.45, 2.75) is 26.5 Å². The summed E-state index contributed by atoms with van der Waals surface area (Å²) < 4.78 is 39.5. The summed E-state index contributed by atoms with van der Waals surface area (Å²) in [6, 6.07) is 3.11. The number of nitrogens with one attached hydrogen (secondary N) is 1. The van der Waals surface area contributed by atoms with Crippen molar-refractivity contribution >= 4 is 0 Å². The van der Waals surface area contributed by atoms with E-state index in [1.807, 2.05) is 6.92 Å². The molecule has 1 aromatic rings. The quantitative estimate of drug-likeness (QED) is 0.797. The van der Waals surface area contributed by atoms with Gasteiger partial charge >= 0.3 is 6.61 Å². The monoisotopic (exact) mass is 259 g/mol. The molecule has 6 heteroatoms. The molecule has 2 rings (SSSR count). The molecule has 0 bridgehead atoms. The van der Waals surface area contributed by atoms with E-state index in [-0.39, 0.29) is 12.5 Å². The van der Waals surface area contributed by atoms with Gasteiger partial charge in [0.15, 0.2) is 11.5 Å². The molecule has 4 nitrogen and oxygen atoms in total. The van der Waals surface area contributed by atoms with Gasteiger partial charge in [0.05, 0.1) is 0 Å². The fraction of sp³-hybridized carbons (Fsp3) is 0.500. The Kier molecular flexibility index (Phi) is 4.19. The number of benzene rings is 1. The lowest BCUT2D eigenvalue weighted by atomic mass is 10.1. The molecule has 0 radical (unpaired) electrons. The number of rotatable bonds is 6. The van der Waals surface area contributed by atoms with Crippen LogP contribution in [0.3, 0.4) is 0 Å². The second-order valence-electron chi connectivity index (χ2n) is 3.87. The molecule has 0 saturated heterocycles. The largest absolute Gasteiger partial charge is 0.454 e. The van der Waals surface area contributed by atoms with Crippen molar-refractivity contribution < 1.29 is 23.0 Å². The molecule has 1 aliphatic rings. The highest BCUT2D eigenvalue weighted by atomic mass is 19.3. The van der Waals surface area contributed by atoms with Crippen LogP contribution < -0.4 is 19.5 Å². The zero-order valence-electron chi connectivity index (χ0n) is 10.0. The lowest BCUT2D eigenvalue weighted by Crippen LogP contribution is -2.15. The molecule has 0 aromatic heterocycles. The third kappa shape index (κ3) is 3.01. The summed E-state index contributed by atoms with van der Waals surface area (Å²) in [6.45, 7) is 0.545. The SMILES string of the molecule is CCCNCc1cc2c(cc1OC(F)F)OCO2. The minimum atomic E-state index is -2.85. The van der Waals surface area contributed by atoms with Crippen LogP contribution in [0, 0.1) is 0 Å². The predicted molar refractivity (Wildman–Crippen MR) is 61.2 cm³/mol. The highest BCUT2D eigenvalue weighted by molar-refractivity contribution is 5.51. The number of alkyl halides is 2. The lowest BCUT2D eigenvalue weighted by molar-refractivity contribution is -0.0505. The fourth-order valence-electron chi connectivity index (χ4n) is 1.71. The topological polar surface area (TPSA) is 39.7 Å². The standard InChI is InChI=1S/C12H15F2NO3/c1-2-3-15-6-8-4-10-11(17-7-16-10)5-9(8)18-12(13)14/h4-5,12,15H,2-3,6-7H2,1H3. The summed E-state index contributed by atoms with van der Waals surface area (Å²) in [5.74, 6) is 1.12. The minimum absolute atomic E-state index is 0.106. The Hall–Kier alpha value is -1.56. The minimum Gasteiger partial charge on any atom is -0.454 e. The fourth-order valence-corrected chi connectivity index (χ4v) is 1.71. The number of hydrogen-bond donors (Lipinski definition) is 1. The van der Waals surface area contributed by atoms with Crippen LogP contribution in [0.5, 0.6) is 17.2 Å². The van der Waals surface area contributed by atoms with Crippen LogP contribution >= 0.6 is 0 Å². The Morgan fingerprint density at radius 1 is 1.33 bits per heavy atom. The first-order valence-corrected chi connectivity index (χ1v) is 5.78. The summed E-state index contributed by atoms with van der Waals surface area (Å²) in [5.41, 5.74) is 0.632. The van der Waals surface area contributed by atoms with Gasteiger partial charge in [0.1, 0.15) is 5.75 Å². The van der Waals surface area contributed by atoms with Crippen molar-refractivity contribution in [2.75, 3.05) is 13.3 Å². The maximum atomic E-state index is 12.3. The first-order chi connectivity index (χ1) is 8.70. The predicted octanol–water partition coefficient (Wildman–Crippen LogP) is 2.52. The van der Waals surface area contributed by atoms with Gasteiger partial charge in [-0.15, -0.1) is 0 Å². The molecule has 1 N–H and O–H groups in total. The van der Waals surface area contributed by atoms with E-state index >= 15 is 0 Å². The number of ether oxygens (including phenoxy) is 3. The number of hydrogen-bond acceptors (Lipinski definition) is 4. The second kappa shape index (κ2) is 5.86. The third-order valence-corrected chi connectivity index (χ3v) is 2.51. The zero-order chi connectivity index (χ0) is 13.0. The van der Waals surface area contributed by atoms with E-state index in [9.17, 15) is 8.78 Å². The summed E-state index contributed by atoms with van der Waals surface area (Å²) in [4.78, 5) is 0. The highest BCUT2D eigenvalue weighted by Gasteiger charge is 2.19. The van der Waals surface area contributed by atoms with Crippen molar-refractivity contribution in [1.29, 1.82) is 0 Å². The van der Waals surface area contributed by atoms with Crippen LogP contribution in [0.4, 0.5) is 8.78 Å². The van der Waals surface area contributed by atoms with E-state index in [2.05, 4.69) is 10.1 Å². The molecule has 0 aliphatic carbocycles. The smallest absolute Gasteiger partial charge is 0.387 e. The number of halogens is 2. The van der Waals surface area contributed by atoms with Crippen LogP contribution in [-0.4, -0.2) is 19.9 Å². The molecule has 0 fully saturated rings. The van der Waals surface area contributed by atoms with Gasteiger partial charge in [0.25, 0.3) is 0 Å². The Bertz CT molecular complexity index is 413. The maximum Gasteiger partial charge on any atom is 0.387 e. The first kappa shape index (κ1) is 12.9. The molecule has 0 saturated carbocycles. The van der Waals surface area contributed by atoms with Gasteiger partial charge in [-0.25, -0.2) is 0 Å². The van der Waals surface area contributed by atoms with E-state index < -0.39 is 6.61 Å². The molecule has 1 heterocycles. The first-order valence-electron chi connectivity index (χ1n) is 5.78. The second-order valence-corrected chi connectivity index (χ2v) is 3.87. The van der Waals surface area contributed by atoms with E-state index in [0.29, 0.717) is 23.6 Å². The van der Waals surface area contributed by atoms with Gasteiger partial charge in [-0.1, -0.05) is 6.92 Å². The van der Waals surface area contributed by atoms with E-state index in [0.717, 1.165) is 13.0 Å². The molecule has 1 aliphatic heterocycles. The molecule has 0 unspecified atom stereocenters. The Morgan fingerprint density at radius 2 is 2.06 bits per heavy atom.